The van der Waals surface area contributed by atoms with Gasteiger partial charge in [-0.1, -0.05) is 63.1 Å². The molecule has 0 N–H and O–H groups in total. The monoisotopic (exact) mass is 410 g/mol. The number of hydrogen-bond acceptors (Lipinski definition) is 4. The predicted octanol–water partition coefficient (Wildman–Crippen LogP) is 6.31. The Labute approximate surface area is 180 Å². The first-order valence-corrected chi connectivity index (χ1v) is 11.0. The maximum atomic E-state index is 12.6. The van der Waals surface area contributed by atoms with E-state index >= 15 is 0 Å². The largest absolute Gasteiger partial charge is 0.459 e. The second-order valence-corrected chi connectivity index (χ2v) is 7.86. The van der Waals surface area contributed by atoms with Crippen LogP contribution in [0.2, 0.25) is 0 Å². The smallest absolute Gasteiger partial charge is 0.338 e. The Balaban J connectivity index is 2.12. The molecule has 162 valence electrons. The van der Waals surface area contributed by atoms with Crippen molar-refractivity contribution < 1.29 is 19.1 Å². The fourth-order valence-corrected chi connectivity index (χ4v) is 4.06. The molecule has 0 aliphatic carbocycles. The van der Waals surface area contributed by atoms with Crippen molar-refractivity contribution in [1.82, 2.24) is 0 Å². The maximum absolute atomic E-state index is 12.6. The summed E-state index contributed by atoms with van der Waals surface area (Å²) in [5, 5.41) is 0. The van der Waals surface area contributed by atoms with Crippen LogP contribution in [0.5, 0.6) is 0 Å². The summed E-state index contributed by atoms with van der Waals surface area (Å²) in [6, 6.07) is 18.1. The first kappa shape index (κ1) is 23.7. The molecule has 0 bridgehead atoms. The summed E-state index contributed by atoms with van der Waals surface area (Å²) in [6.45, 7) is 8.16. The van der Waals surface area contributed by atoms with Gasteiger partial charge in [-0.05, 0) is 51.0 Å². The van der Waals surface area contributed by atoms with Crippen molar-refractivity contribution in [2.24, 2.45) is 11.8 Å². The summed E-state index contributed by atoms with van der Waals surface area (Å²) in [7, 11) is 0. The highest BCUT2D eigenvalue weighted by molar-refractivity contribution is 5.89. The van der Waals surface area contributed by atoms with Crippen LogP contribution in [0.25, 0.3) is 0 Å². The number of esters is 2. The van der Waals surface area contributed by atoms with Crippen LogP contribution in [0.15, 0.2) is 60.7 Å². The summed E-state index contributed by atoms with van der Waals surface area (Å²) >= 11 is 0. The zero-order chi connectivity index (χ0) is 21.9. The molecule has 4 unspecified atom stereocenters. The van der Waals surface area contributed by atoms with Crippen molar-refractivity contribution in [3.05, 3.63) is 71.8 Å². The number of ether oxygens (including phenoxy) is 2. The van der Waals surface area contributed by atoms with Crippen molar-refractivity contribution >= 4 is 11.9 Å². The van der Waals surface area contributed by atoms with Gasteiger partial charge < -0.3 is 9.47 Å². The van der Waals surface area contributed by atoms with Crippen LogP contribution < -0.4 is 0 Å². The van der Waals surface area contributed by atoms with Gasteiger partial charge in [-0.3, -0.25) is 0 Å². The van der Waals surface area contributed by atoms with E-state index in [2.05, 4.69) is 13.8 Å². The minimum absolute atomic E-state index is 0.112. The van der Waals surface area contributed by atoms with Gasteiger partial charge >= 0.3 is 11.9 Å². The molecule has 0 saturated carbocycles. The van der Waals surface area contributed by atoms with E-state index in [0.717, 1.165) is 25.7 Å². The highest BCUT2D eigenvalue weighted by Gasteiger charge is 2.34. The Kier molecular flexibility index (Phi) is 9.59. The van der Waals surface area contributed by atoms with E-state index in [9.17, 15) is 9.59 Å². The number of hydrogen-bond donors (Lipinski definition) is 0. The summed E-state index contributed by atoms with van der Waals surface area (Å²) in [5.41, 5.74) is 1.10. The first-order valence-electron chi connectivity index (χ1n) is 11.0. The molecule has 2 aromatic rings. The van der Waals surface area contributed by atoms with Crippen molar-refractivity contribution in [3.8, 4) is 0 Å². The van der Waals surface area contributed by atoms with Gasteiger partial charge in [-0.15, -0.1) is 0 Å². The van der Waals surface area contributed by atoms with Crippen LogP contribution in [-0.4, -0.2) is 24.1 Å². The molecule has 2 rings (SSSR count). The molecule has 4 nitrogen and oxygen atoms in total. The molecule has 4 atom stereocenters. The molecule has 0 aromatic heterocycles. The maximum Gasteiger partial charge on any atom is 0.338 e. The van der Waals surface area contributed by atoms with Crippen molar-refractivity contribution in [3.63, 3.8) is 0 Å². The predicted molar refractivity (Wildman–Crippen MR) is 119 cm³/mol. The quantitative estimate of drug-likeness (QED) is 0.407. The van der Waals surface area contributed by atoms with Gasteiger partial charge in [-0.2, -0.15) is 0 Å². The molecule has 0 aliphatic heterocycles. The van der Waals surface area contributed by atoms with Crippen LogP contribution in [0, 0.1) is 11.8 Å². The zero-order valence-electron chi connectivity index (χ0n) is 18.5. The molecule has 0 heterocycles. The van der Waals surface area contributed by atoms with Crippen LogP contribution >= 0.6 is 0 Å². The first-order chi connectivity index (χ1) is 14.5. The third-order valence-corrected chi connectivity index (χ3v) is 5.60. The van der Waals surface area contributed by atoms with Gasteiger partial charge in [0.25, 0.3) is 0 Å². The molecular formula is C26H34O4. The lowest BCUT2D eigenvalue weighted by Gasteiger charge is -2.35. The average molecular weight is 411 g/mol. The second kappa shape index (κ2) is 12.2. The van der Waals surface area contributed by atoms with E-state index in [0.29, 0.717) is 11.1 Å². The van der Waals surface area contributed by atoms with E-state index in [1.54, 1.807) is 24.3 Å². The van der Waals surface area contributed by atoms with Crippen LogP contribution in [0.4, 0.5) is 0 Å². The van der Waals surface area contributed by atoms with Gasteiger partial charge in [-0.25, -0.2) is 9.59 Å². The number of benzene rings is 2. The molecule has 4 heteroatoms. The second-order valence-electron chi connectivity index (χ2n) is 7.86. The van der Waals surface area contributed by atoms with Gasteiger partial charge in [0.1, 0.15) is 12.2 Å². The highest BCUT2D eigenvalue weighted by atomic mass is 16.5. The fraction of sp³-hybridized carbons (Fsp3) is 0.462. The Morgan fingerprint density at radius 1 is 0.667 bits per heavy atom. The Bertz CT molecular complexity index is 705. The molecule has 0 radical (unpaired) electrons. The van der Waals surface area contributed by atoms with Gasteiger partial charge in [0.2, 0.25) is 0 Å². The molecule has 0 spiro atoms. The van der Waals surface area contributed by atoms with Crippen LogP contribution in [0.3, 0.4) is 0 Å². The third kappa shape index (κ3) is 6.72. The van der Waals surface area contributed by atoms with Crippen molar-refractivity contribution in [2.75, 3.05) is 0 Å². The molecule has 0 aliphatic rings. The zero-order valence-corrected chi connectivity index (χ0v) is 18.5. The van der Waals surface area contributed by atoms with Crippen molar-refractivity contribution in [1.29, 1.82) is 0 Å². The number of rotatable bonds is 11. The van der Waals surface area contributed by atoms with Gasteiger partial charge in [0.15, 0.2) is 0 Å². The normalized spacial score (nSPS) is 14.9. The van der Waals surface area contributed by atoms with E-state index in [4.69, 9.17) is 9.47 Å². The SMILES string of the molecule is CCCC(C(C)OC(=O)c1ccccc1)C(CCC)C(C)OC(=O)c1ccccc1. The Hall–Kier alpha value is -2.62. The van der Waals surface area contributed by atoms with E-state index in [1.165, 1.54) is 0 Å². The van der Waals surface area contributed by atoms with Gasteiger partial charge in [0.05, 0.1) is 11.1 Å². The lowest BCUT2D eigenvalue weighted by molar-refractivity contribution is -0.0281. The standard InChI is InChI=1S/C26H34O4/c1-5-13-23(19(3)29-25(27)21-15-9-7-10-16-21)24(14-6-2)20(4)30-26(28)22-17-11-8-12-18-22/h7-12,15-20,23-24H,5-6,13-14H2,1-4H3. The third-order valence-electron chi connectivity index (χ3n) is 5.60. The Morgan fingerprint density at radius 2 is 1.00 bits per heavy atom. The number of carbonyl (C=O) groups excluding carboxylic acids is 2. The number of carbonyl (C=O) groups is 2. The molecule has 0 fully saturated rings. The average Bonchev–Trinajstić information content (AvgIpc) is 2.77. The molecule has 0 saturated heterocycles. The minimum atomic E-state index is -0.312. The van der Waals surface area contributed by atoms with E-state index < -0.39 is 0 Å². The molecule has 0 amide bonds. The fourth-order valence-electron chi connectivity index (χ4n) is 4.06. The van der Waals surface area contributed by atoms with Gasteiger partial charge in [0, 0.05) is 11.8 Å². The summed E-state index contributed by atoms with van der Waals surface area (Å²) in [6.07, 6.45) is 3.20. The summed E-state index contributed by atoms with van der Waals surface area (Å²) in [5.74, 6) is -0.399. The summed E-state index contributed by atoms with van der Waals surface area (Å²) < 4.78 is 11.7. The highest BCUT2D eigenvalue weighted by Crippen LogP contribution is 2.32. The van der Waals surface area contributed by atoms with E-state index in [1.807, 2.05) is 50.2 Å². The van der Waals surface area contributed by atoms with Crippen LogP contribution in [0.1, 0.15) is 74.1 Å². The lowest BCUT2D eigenvalue weighted by atomic mass is 9.79. The topological polar surface area (TPSA) is 52.6 Å². The molecule has 2 aromatic carbocycles. The van der Waals surface area contributed by atoms with Crippen LogP contribution in [-0.2, 0) is 9.47 Å². The molecular weight excluding hydrogens is 376 g/mol. The molecule has 30 heavy (non-hydrogen) atoms. The minimum Gasteiger partial charge on any atom is -0.459 e. The lowest BCUT2D eigenvalue weighted by Crippen LogP contribution is -2.37. The van der Waals surface area contributed by atoms with E-state index in [-0.39, 0.29) is 36.0 Å². The Morgan fingerprint density at radius 3 is 1.30 bits per heavy atom. The summed E-state index contributed by atoms with van der Waals surface area (Å²) in [4.78, 5) is 25.1. The van der Waals surface area contributed by atoms with Crippen molar-refractivity contribution in [2.45, 2.75) is 65.6 Å².